The first kappa shape index (κ1) is 27.4. The molecule has 2 heterocycles. The lowest BCUT2D eigenvalue weighted by Crippen LogP contribution is -2.58. The first-order valence-corrected chi connectivity index (χ1v) is 14.5. The number of aromatic nitrogens is 1. The largest absolute Gasteiger partial charge is 0.361 e. The summed E-state index contributed by atoms with van der Waals surface area (Å²) in [5.74, 6) is 1.09. The molecular weight excluding hydrogens is 494 g/mol. The van der Waals surface area contributed by atoms with Crippen molar-refractivity contribution in [2.24, 2.45) is 17.6 Å². The molecular formula is C30H41N5O4. The van der Waals surface area contributed by atoms with Gasteiger partial charge in [-0.25, -0.2) is 0 Å². The van der Waals surface area contributed by atoms with Crippen LogP contribution in [0.15, 0.2) is 34.9 Å². The summed E-state index contributed by atoms with van der Waals surface area (Å²) in [4.78, 5) is 44.4. The Morgan fingerprint density at radius 3 is 2.41 bits per heavy atom. The minimum absolute atomic E-state index is 0.00826. The predicted molar refractivity (Wildman–Crippen MR) is 147 cm³/mol. The summed E-state index contributed by atoms with van der Waals surface area (Å²) in [6, 6.07) is 8.67. The molecule has 39 heavy (non-hydrogen) atoms. The molecule has 2 saturated carbocycles. The Labute approximate surface area is 230 Å². The van der Waals surface area contributed by atoms with Gasteiger partial charge in [0.05, 0.1) is 0 Å². The number of hydrogen-bond acceptors (Lipinski definition) is 6. The zero-order chi connectivity index (χ0) is 27.5. The standard InChI is InChI=1S/C30H41N5O4/c1-19-4-3-5-23(14-19)29(37)35(24-10-11-24)25-12-13-34(30(38)26-15-20(2)39-33-26)27(16-25)28(36)32-18-22-8-6-21(17-31)7-9-22/h3-5,14-15,21-22,24-25,27H,6-13,16-18,31H2,1-2H3,(H,32,36)/t21?,22?,25?,27-/m1/s1. The van der Waals surface area contributed by atoms with Crippen LogP contribution in [0.3, 0.4) is 0 Å². The van der Waals surface area contributed by atoms with Gasteiger partial charge in [-0.1, -0.05) is 22.9 Å². The minimum Gasteiger partial charge on any atom is -0.361 e. The number of carbonyl (C=O) groups is 3. The topological polar surface area (TPSA) is 122 Å². The average molecular weight is 536 g/mol. The molecule has 9 nitrogen and oxygen atoms in total. The number of benzene rings is 1. The van der Waals surface area contributed by atoms with Gasteiger partial charge in [0.1, 0.15) is 11.8 Å². The van der Waals surface area contributed by atoms with E-state index >= 15 is 0 Å². The molecule has 1 aromatic carbocycles. The van der Waals surface area contributed by atoms with Gasteiger partial charge in [0.2, 0.25) is 5.91 Å². The highest BCUT2D eigenvalue weighted by molar-refractivity contribution is 5.97. The van der Waals surface area contributed by atoms with Gasteiger partial charge < -0.3 is 25.4 Å². The van der Waals surface area contributed by atoms with Gasteiger partial charge in [-0.05, 0) is 95.7 Å². The summed E-state index contributed by atoms with van der Waals surface area (Å²) >= 11 is 0. The Kier molecular flexibility index (Phi) is 8.35. The van der Waals surface area contributed by atoms with Gasteiger partial charge in [-0.15, -0.1) is 0 Å². The van der Waals surface area contributed by atoms with E-state index in [0.717, 1.165) is 50.6 Å². The van der Waals surface area contributed by atoms with Crippen LogP contribution in [0.25, 0.3) is 0 Å². The van der Waals surface area contributed by atoms with E-state index in [4.69, 9.17) is 10.3 Å². The fourth-order valence-electron chi connectivity index (χ4n) is 6.25. The molecule has 3 aliphatic rings. The van der Waals surface area contributed by atoms with E-state index in [-0.39, 0.29) is 35.5 Å². The Morgan fingerprint density at radius 1 is 1.03 bits per heavy atom. The minimum atomic E-state index is -0.680. The molecule has 210 valence electrons. The molecule has 0 spiro atoms. The van der Waals surface area contributed by atoms with Crippen LogP contribution in [0.4, 0.5) is 0 Å². The highest BCUT2D eigenvalue weighted by atomic mass is 16.5. The quantitative estimate of drug-likeness (QED) is 0.534. The lowest BCUT2D eigenvalue weighted by atomic mass is 9.82. The lowest BCUT2D eigenvalue weighted by molar-refractivity contribution is -0.127. The SMILES string of the molecule is Cc1cccc(C(=O)N(C2CC2)C2CCN(C(=O)c3cc(C)on3)[C@@H](C(=O)NCC3CCC(CN)CC3)C2)c1. The Hall–Kier alpha value is -3.20. The number of carbonyl (C=O) groups excluding carboxylic acids is 3. The van der Waals surface area contributed by atoms with E-state index < -0.39 is 6.04 Å². The van der Waals surface area contributed by atoms with Crippen LogP contribution >= 0.6 is 0 Å². The molecule has 1 unspecified atom stereocenters. The summed E-state index contributed by atoms with van der Waals surface area (Å²) in [6.45, 7) is 5.41. The van der Waals surface area contributed by atoms with E-state index in [1.165, 1.54) is 0 Å². The summed E-state index contributed by atoms with van der Waals surface area (Å²) < 4.78 is 5.15. The first-order valence-electron chi connectivity index (χ1n) is 14.5. The van der Waals surface area contributed by atoms with Crippen LogP contribution in [0.5, 0.6) is 0 Å². The third kappa shape index (κ3) is 6.35. The molecule has 9 heteroatoms. The van der Waals surface area contributed by atoms with Crippen molar-refractivity contribution in [3.63, 3.8) is 0 Å². The average Bonchev–Trinajstić information content (AvgIpc) is 3.69. The highest BCUT2D eigenvalue weighted by Gasteiger charge is 2.44. The van der Waals surface area contributed by atoms with Crippen molar-refractivity contribution in [1.82, 2.24) is 20.3 Å². The number of aryl methyl sites for hydroxylation is 2. The second-order valence-electron chi connectivity index (χ2n) is 11.7. The van der Waals surface area contributed by atoms with Crippen molar-refractivity contribution in [2.45, 2.75) is 83.3 Å². The van der Waals surface area contributed by atoms with Crippen LogP contribution in [0.1, 0.15) is 83.5 Å². The van der Waals surface area contributed by atoms with E-state index in [1.54, 1.807) is 17.9 Å². The molecule has 3 N–H and O–H groups in total. The number of amides is 3. The summed E-state index contributed by atoms with van der Waals surface area (Å²) in [7, 11) is 0. The van der Waals surface area contributed by atoms with E-state index in [0.29, 0.717) is 49.1 Å². The maximum Gasteiger partial charge on any atom is 0.276 e. The lowest BCUT2D eigenvalue weighted by Gasteiger charge is -2.43. The smallest absolute Gasteiger partial charge is 0.276 e. The zero-order valence-electron chi connectivity index (χ0n) is 23.1. The first-order chi connectivity index (χ1) is 18.8. The Morgan fingerprint density at radius 2 is 1.77 bits per heavy atom. The number of piperidine rings is 1. The summed E-state index contributed by atoms with van der Waals surface area (Å²) in [5.41, 5.74) is 7.76. The van der Waals surface area contributed by atoms with Crippen molar-refractivity contribution in [3.05, 3.63) is 52.9 Å². The van der Waals surface area contributed by atoms with Crippen LogP contribution in [0, 0.1) is 25.7 Å². The van der Waals surface area contributed by atoms with Gasteiger partial charge in [-0.2, -0.15) is 0 Å². The van der Waals surface area contributed by atoms with Crippen molar-refractivity contribution < 1.29 is 18.9 Å². The predicted octanol–water partition coefficient (Wildman–Crippen LogP) is 3.45. The molecule has 2 aromatic rings. The fraction of sp³-hybridized carbons (Fsp3) is 0.600. The van der Waals surface area contributed by atoms with E-state index in [1.807, 2.05) is 36.1 Å². The monoisotopic (exact) mass is 535 g/mol. The Balaban J connectivity index is 1.33. The van der Waals surface area contributed by atoms with Crippen molar-refractivity contribution in [1.29, 1.82) is 0 Å². The molecule has 1 aromatic heterocycles. The van der Waals surface area contributed by atoms with Crippen LogP contribution in [-0.4, -0.2) is 70.4 Å². The van der Waals surface area contributed by atoms with Gasteiger partial charge in [0.15, 0.2) is 5.69 Å². The normalized spacial score (nSPS) is 25.3. The third-order valence-corrected chi connectivity index (χ3v) is 8.68. The number of hydrogen-bond donors (Lipinski definition) is 2. The number of nitrogens with zero attached hydrogens (tertiary/aromatic N) is 3. The second kappa shape index (κ2) is 11.9. The molecule has 1 saturated heterocycles. The molecule has 5 rings (SSSR count). The van der Waals surface area contributed by atoms with Crippen molar-refractivity contribution in [3.8, 4) is 0 Å². The Bertz CT molecular complexity index is 1180. The molecule has 3 amide bonds. The van der Waals surface area contributed by atoms with Gasteiger partial charge in [0, 0.05) is 36.8 Å². The summed E-state index contributed by atoms with van der Waals surface area (Å²) in [6.07, 6.45) is 7.25. The molecule has 2 atom stereocenters. The third-order valence-electron chi connectivity index (χ3n) is 8.68. The number of nitrogens with two attached hydrogens (primary N) is 1. The second-order valence-corrected chi connectivity index (χ2v) is 11.7. The molecule has 2 aliphatic carbocycles. The number of likely N-dealkylation sites (tertiary alicyclic amines) is 1. The van der Waals surface area contributed by atoms with Crippen molar-refractivity contribution in [2.75, 3.05) is 19.6 Å². The molecule has 1 aliphatic heterocycles. The molecule has 0 radical (unpaired) electrons. The molecule has 3 fully saturated rings. The maximum atomic E-state index is 13.7. The number of nitrogens with one attached hydrogen (secondary N) is 1. The van der Waals surface area contributed by atoms with Gasteiger partial charge >= 0.3 is 0 Å². The van der Waals surface area contributed by atoms with Crippen LogP contribution in [0.2, 0.25) is 0 Å². The van der Waals surface area contributed by atoms with Gasteiger partial charge in [-0.3, -0.25) is 14.4 Å². The van der Waals surface area contributed by atoms with E-state index in [2.05, 4.69) is 10.5 Å². The molecule has 0 bridgehead atoms. The van der Waals surface area contributed by atoms with Crippen LogP contribution in [-0.2, 0) is 4.79 Å². The van der Waals surface area contributed by atoms with Gasteiger partial charge in [0.25, 0.3) is 11.8 Å². The van der Waals surface area contributed by atoms with Crippen molar-refractivity contribution >= 4 is 17.7 Å². The fourth-order valence-corrected chi connectivity index (χ4v) is 6.25. The van der Waals surface area contributed by atoms with Crippen LogP contribution < -0.4 is 11.1 Å². The number of rotatable bonds is 8. The maximum absolute atomic E-state index is 13.7. The van der Waals surface area contributed by atoms with E-state index in [9.17, 15) is 14.4 Å². The summed E-state index contributed by atoms with van der Waals surface area (Å²) in [5, 5.41) is 7.07. The highest BCUT2D eigenvalue weighted by Crippen LogP contribution is 2.35. The zero-order valence-corrected chi connectivity index (χ0v) is 23.1.